The van der Waals surface area contributed by atoms with Crippen LogP contribution in [0.25, 0.3) is 0 Å². The second-order valence-electron chi connectivity index (χ2n) is 32.8. The van der Waals surface area contributed by atoms with E-state index in [1.165, 1.54) is 54.9 Å². The van der Waals surface area contributed by atoms with Crippen LogP contribution in [0.1, 0.15) is 281 Å². The maximum absolute atomic E-state index is 12.2. The zero-order valence-electron chi connectivity index (χ0n) is 83.2. The lowest BCUT2D eigenvalue weighted by molar-refractivity contribution is -0.184. The number of para-hydroxylation sites is 1. The van der Waals surface area contributed by atoms with Crippen LogP contribution in [-0.2, 0) is 80.9 Å². The van der Waals surface area contributed by atoms with Crippen LogP contribution < -0.4 is 33.7 Å². The van der Waals surface area contributed by atoms with Crippen LogP contribution in [0.4, 0.5) is 4.79 Å². The molecule has 10 atom stereocenters. The molecule has 1 N–H and O–H groups in total. The number of esters is 6. The summed E-state index contributed by atoms with van der Waals surface area (Å²) in [5.74, 6) is 1.41. The molecule has 26 heteroatoms. The molecule has 7 rings (SSSR count). The second-order valence-corrected chi connectivity index (χ2v) is 32.8. The molecule has 0 radical (unpaired) electrons. The molecule has 1 amide bonds. The van der Waals surface area contributed by atoms with Crippen LogP contribution in [0.3, 0.4) is 0 Å². The number of alkyl carbamates (subject to hydrolysis) is 1. The fourth-order valence-corrected chi connectivity index (χ4v) is 12.8. The summed E-state index contributed by atoms with van der Waals surface area (Å²) in [5, 5.41) is 2.74. The Balaban J connectivity index is 0.000000429. The van der Waals surface area contributed by atoms with E-state index in [0.717, 1.165) is 94.7 Å². The lowest BCUT2D eigenvalue weighted by atomic mass is 9.84. The summed E-state index contributed by atoms with van der Waals surface area (Å²) in [6.45, 7) is 39.2. The van der Waals surface area contributed by atoms with Gasteiger partial charge in [0.2, 0.25) is 6.29 Å². The van der Waals surface area contributed by atoms with Gasteiger partial charge in [0.15, 0.2) is 36.9 Å². The van der Waals surface area contributed by atoms with Crippen LogP contribution in [0.5, 0.6) is 34.5 Å². The predicted octanol–water partition coefficient (Wildman–Crippen LogP) is 22.9. The maximum Gasteiger partial charge on any atom is 0.407 e. The third kappa shape index (κ3) is 45.1. The number of carbonyl (C=O) groups excluding carboxylic acids is 8. The van der Waals surface area contributed by atoms with Gasteiger partial charge in [-0.3, -0.25) is 33.6 Å². The number of hydrogen-bond acceptors (Lipinski definition) is 25. The molecule has 0 aliphatic rings. The second kappa shape index (κ2) is 66.5. The molecule has 0 fully saturated rings. The highest BCUT2D eigenvalue weighted by molar-refractivity contribution is 6.17. The van der Waals surface area contributed by atoms with Gasteiger partial charge in [-0.25, -0.2) is 4.79 Å². The molecule has 10 unspecified atom stereocenters. The van der Waals surface area contributed by atoms with Gasteiger partial charge in [0.25, 0.3) is 5.41 Å². The van der Waals surface area contributed by atoms with E-state index in [-0.39, 0.29) is 69.0 Å². The lowest BCUT2D eigenvalue weighted by Crippen LogP contribution is -2.49. The van der Waals surface area contributed by atoms with Crippen LogP contribution >= 0.6 is 0 Å². The van der Waals surface area contributed by atoms with Gasteiger partial charge in [0.05, 0.1) is 68.6 Å². The van der Waals surface area contributed by atoms with E-state index in [4.69, 9.17) is 56.8 Å². The molecular weight excluding hydrogens is 1700 g/mol. The number of hydrogen-bond donors (Lipinski definition) is 1. The Morgan fingerprint density at radius 1 is 0.346 bits per heavy atom. The predicted molar refractivity (Wildman–Crippen MR) is 515 cm³/mol. The molecule has 0 saturated heterocycles. The number of Topliss-reactive ketones (excluding diaryl/α,β-unsaturated/α-hetero) is 1. The lowest BCUT2D eigenvalue weighted by Gasteiger charge is -2.26. The standard InChI is InChI=1S/C24H32O4.C22H28O3.C21H35NO4.C21H30O8.C19H28O6/c1-5-19(4)20-13-15-22(16-14-20)28-24(18(2)3)26-17-9-12-23(25)27-21-10-7-6-8-11-21;1-5-17(3)19-10-12-21(13-11-19)25-18(4)24-15-14-22(23)20-8-6-16(2)7-9-20;1-5-7-8-9-14-22-21(23)25-16-15-24-18(4)26-20-12-10-19(11-13-20)17(3)6-2;1-7-14(2)16-8-10-17(11-9-16)29-15(3)28-13-12-21(18(22)25-4,19(23)26-5)20(24)27-6;1-6-13(2)15-7-9-16(10-8-15)25-14(3)24-12-11-17(18(20)22-4)19(21)23-5/h6-8,10-11,13-16,18-19,24H,5,9,12,17H2,1-4H3;6-13,17-18H,5,14-15H2,1-4H3;10-13,17-18H,5-9,14-16H2,1-4H3,(H,22,23);8-11,14-15H,7,12-13H2,1-6H3;7-10,13-14,17H,6,11-12H2,1-5H3. The van der Waals surface area contributed by atoms with Crippen molar-refractivity contribution in [3.63, 3.8) is 0 Å². The van der Waals surface area contributed by atoms with Gasteiger partial charge in [-0.2, -0.15) is 0 Å². The molecule has 7 aromatic carbocycles. The van der Waals surface area contributed by atoms with Gasteiger partial charge in [0.1, 0.15) is 41.1 Å². The number of methoxy groups -OCH3 is 5. The topological polar surface area (TPSA) is 305 Å². The highest BCUT2D eigenvalue weighted by Gasteiger charge is 2.56. The van der Waals surface area contributed by atoms with Gasteiger partial charge >= 0.3 is 41.9 Å². The molecule has 133 heavy (non-hydrogen) atoms. The minimum absolute atomic E-state index is 0.0881. The van der Waals surface area contributed by atoms with Crippen LogP contribution in [-0.4, -0.2) is 161 Å². The van der Waals surface area contributed by atoms with E-state index in [1.807, 2.05) is 148 Å². The number of nitrogens with one attached hydrogen (secondary N) is 1. The Kier molecular flexibility index (Phi) is 58.1. The number of unbranched alkanes of at least 4 members (excludes halogenated alkanes) is 3. The highest BCUT2D eigenvalue weighted by Crippen LogP contribution is 2.32. The zero-order chi connectivity index (χ0) is 98.6. The Morgan fingerprint density at radius 2 is 0.714 bits per heavy atom. The summed E-state index contributed by atoms with van der Waals surface area (Å²) < 4.78 is 90.4. The van der Waals surface area contributed by atoms with Crippen molar-refractivity contribution in [3.8, 4) is 34.5 Å². The van der Waals surface area contributed by atoms with Gasteiger partial charge in [-0.05, 0) is 216 Å². The summed E-state index contributed by atoms with van der Waals surface area (Å²) in [4.78, 5) is 95.3. The molecule has 0 aromatic heterocycles. The number of benzene rings is 7. The average Bonchev–Trinajstić information content (AvgIpc) is 0.787. The third-order valence-electron chi connectivity index (χ3n) is 22.3. The van der Waals surface area contributed by atoms with Gasteiger partial charge in [-0.1, -0.05) is 218 Å². The first-order valence-corrected chi connectivity index (χ1v) is 46.8. The molecule has 26 nitrogen and oxygen atoms in total. The molecule has 0 bridgehead atoms. The summed E-state index contributed by atoms with van der Waals surface area (Å²) in [6.07, 6.45) is 8.36. The number of rotatable bonds is 54. The van der Waals surface area contributed by atoms with E-state index in [9.17, 15) is 38.4 Å². The summed E-state index contributed by atoms with van der Waals surface area (Å²) in [7, 11) is 5.66. The van der Waals surface area contributed by atoms with Gasteiger partial charge < -0.3 is 85.8 Å². The van der Waals surface area contributed by atoms with E-state index in [1.54, 1.807) is 26.0 Å². The van der Waals surface area contributed by atoms with Crippen molar-refractivity contribution in [2.24, 2.45) is 17.3 Å². The van der Waals surface area contributed by atoms with E-state index < -0.39 is 60.0 Å². The normalized spacial score (nSPS) is 13.2. The Labute approximate surface area is 791 Å². The number of carbonyl (C=O) groups is 8. The van der Waals surface area contributed by atoms with E-state index >= 15 is 0 Å². The van der Waals surface area contributed by atoms with Crippen LogP contribution in [0, 0.1) is 24.2 Å². The molecule has 7 aromatic rings. The Morgan fingerprint density at radius 3 is 1.08 bits per heavy atom. The molecular formula is C107H153NO25. The molecule has 0 aliphatic carbocycles. The first-order chi connectivity index (χ1) is 63.7. The molecule has 0 saturated carbocycles. The van der Waals surface area contributed by atoms with Crippen molar-refractivity contribution >= 4 is 47.7 Å². The minimum atomic E-state index is -2.25. The summed E-state index contributed by atoms with van der Waals surface area (Å²) in [5.41, 5.74) is 6.03. The Bertz CT molecular complexity index is 4300. The summed E-state index contributed by atoms with van der Waals surface area (Å²) in [6, 6.07) is 56.7. The van der Waals surface area contributed by atoms with Gasteiger partial charge in [-0.15, -0.1) is 0 Å². The molecule has 0 aliphatic heterocycles. The Hall–Kier alpha value is -10.9. The van der Waals surface area contributed by atoms with Crippen LogP contribution in [0.2, 0.25) is 0 Å². The van der Waals surface area contributed by atoms with Crippen molar-refractivity contribution in [2.75, 3.05) is 81.7 Å². The van der Waals surface area contributed by atoms with Crippen molar-refractivity contribution in [3.05, 3.63) is 215 Å². The number of amides is 1. The van der Waals surface area contributed by atoms with E-state index in [2.05, 4.69) is 155 Å². The van der Waals surface area contributed by atoms with Gasteiger partial charge in [0, 0.05) is 37.3 Å². The highest BCUT2D eigenvalue weighted by atomic mass is 16.7. The minimum Gasteiger partial charge on any atom is -0.468 e. The number of aryl methyl sites for hydroxylation is 1. The third-order valence-corrected chi connectivity index (χ3v) is 22.3. The van der Waals surface area contributed by atoms with Crippen molar-refractivity contribution in [1.29, 1.82) is 0 Å². The monoisotopic (exact) mass is 1850 g/mol. The molecule has 736 valence electrons. The van der Waals surface area contributed by atoms with Crippen molar-refractivity contribution in [2.45, 2.75) is 276 Å². The fourth-order valence-electron chi connectivity index (χ4n) is 12.8. The largest absolute Gasteiger partial charge is 0.468 e. The smallest absolute Gasteiger partial charge is 0.407 e. The van der Waals surface area contributed by atoms with E-state index in [0.29, 0.717) is 92.5 Å². The van der Waals surface area contributed by atoms with Crippen molar-refractivity contribution in [1.82, 2.24) is 5.32 Å². The summed E-state index contributed by atoms with van der Waals surface area (Å²) >= 11 is 0. The first-order valence-electron chi connectivity index (χ1n) is 46.8. The first kappa shape index (κ1) is 116. The number of ether oxygens (including phenoxy) is 17. The average molecular weight is 1850 g/mol. The van der Waals surface area contributed by atoms with Crippen molar-refractivity contribution < 1.29 is 119 Å². The molecule has 0 spiro atoms. The zero-order valence-corrected chi connectivity index (χ0v) is 83.2. The maximum atomic E-state index is 12.2. The SMILES string of the molecule is CCC(C)c1ccc(OC(C)OCCC(=O)c2ccc(C)cc2)cc1.CCC(C)c1ccc(OC(C)OCCC(C(=O)OC)(C(=O)OC)C(=O)OC)cc1.CCC(C)c1ccc(OC(C)OCCC(C(=O)OC)C(=O)OC)cc1.CCC(C)c1ccc(OC(OCCCC(=O)Oc2ccccc2)C(C)C)cc1.CCCCCCNC(=O)OCCOC(C)Oc1ccc(C(C)CC)cc1. The fraction of sp³-hybridized carbons (Fsp3) is 0.533. The number of ketones is 1. The molecule has 0 heterocycles. The quantitative estimate of drug-likeness (QED) is 0.00704. The van der Waals surface area contributed by atoms with Crippen LogP contribution in [0.15, 0.2) is 176 Å².